The molecule has 1 saturated heterocycles. The lowest BCUT2D eigenvalue weighted by Crippen LogP contribution is -2.32. The van der Waals surface area contributed by atoms with Crippen molar-refractivity contribution in [2.45, 2.75) is 12.8 Å². The maximum Gasteiger partial charge on any atom is 0.228 e. The van der Waals surface area contributed by atoms with Gasteiger partial charge in [-0.2, -0.15) is 4.98 Å². The number of amides is 1. The topological polar surface area (TPSA) is 102 Å². The summed E-state index contributed by atoms with van der Waals surface area (Å²) in [7, 11) is -3.06. The predicted octanol–water partition coefficient (Wildman–Crippen LogP) is 1.48. The number of carbonyl (C=O) groups is 1. The molecule has 0 spiro atoms. The number of hydrogen-bond acceptors (Lipinski definition) is 6. The first kappa shape index (κ1) is 16.9. The van der Waals surface area contributed by atoms with Crippen molar-refractivity contribution in [1.29, 1.82) is 0 Å². The Morgan fingerprint density at radius 1 is 1.33 bits per heavy atom. The van der Waals surface area contributed by atoms with Crippen molar-refractivity contribution in [3.8, 4) is 11.4 Å². The minimum atomic E-state index is -3.06. The Morgan fingerprint density at radius 2 is 2.08 bits per heavy atom. The van der Waals surface area contributed by atoms with Gasteiger partial charge in [0, 0.05) is 23.6 Å². The second kappa shape index (κ2) is 6.90. The monoisotopic (exact) mass is 369 g/mol. The third-order valence-electron chi connectivity index (χ3n) is 3.81. The molecule has 0 saturated carbocycles. The SMILES string of the molecule is O=C(NCCc1nc(-c2ccc(Cl)cc2)no1)[C@@H]1CCS(=O)(=O)C1. The van der Waals surface area contributed by atoms with E-state index >= 15 is 0 Å². The van der Waals surface area contributed by atoms with Gasteiger partial charge >= 0.3 is 0 Å². The van der Waals surface area contributed by atoms with Crippen molar-refractivity contribution in [2.75, 3.05) is 18.1 Å². The highest BCUT2D eigenvalue weighted by Crippen LogP contribution is 2.19. The Kier molecular flexibility index (Phi) is 4.86. The molecular formula is C15H16ClN3O4S. The second-order valence-electron chi connectivity index (χ2n) is 5.66. The maximum atomic E-state index is 11.9. The van der Waals surface area contributed by atoms with Gasteiger partial charge in [-0.15, -0.1) is 0 Å². The first-order chi connectivity index (χ1) is 11.4. The molecule has 1 atom stereocenters. The van der Waals surface area contributed by atoms with E-state index in [9.17, 15) is 13.2 Å². The van der Waals surface area contributed by atoms with Crippen LogP contribution in [-0.4, -0.2) is 42.5 Å². The molecule has 0 radical (unpaired) electrons. The predicted molar refractivity (Wildman–Crippen MR) is 88.2 cm³/mol. The molecule has 0 aliphatic carbocycles. The third-order valence-corrected chi connectivity index (χ3v) is 5.83. The van der Waals surface area contributed by atoms with E-state index in [-0.39, 0.29) is 17.4 Å². The molecule has 9 heteroatoms. The maximum absolute atomic E-state index is 11.9. The van der Waals surface area contributed by atoms with Crippen molar-refractivity contribution < 1.29 is 17.7 Å². The third kappa shape index (κ3) is 4.12. The van der Waals surface area contributed by atoms with Crippen LogP contribution in [0, 0.1) is 5.92 Å². The highest BCUT2D eigenvalue weighted by Gasteiger charge is 2.32. The zero-order chi connectivity index (χ0) is 17.2. The van der Waals surface area contributed by atoms with Gasteiger partial charge in [0.1, 0.15) is 0 Å². The Balaban J connectivity index is 1.51. The van der Waals surface area contributed by atoms with E-state index in [1.807, 2.05) is 0 Å². The van der Waals surface area contributed by atoms with Crippen LogP contribution < -0.4 is 5.32 Å². The lowest BCUT2D eigenvalue weighted by atomic mass is 10.1. The molecule has 1 amide bonds. The van der Waals surface area contributed by atoms with Gasteiger partial charge in [0.05, 0.1) is 17.4 Å². The van der Waals surface area contributed by atoms with Gasteiger partial charge in [-0.05, 0) is 30.7 Å². The molecule has 2 aromatic rings. The Morgan fingerprint density at radius 3 is 2.75 bits per heavy atom. The van der Waals surface area contributed by atoms with Crippen LogP contribution in [0.5, 0.6) is 0 Å². The normalized spacial score (nSPS) is 19.3. The molecule has 1 N–H and O–H groups in total. The van der Waals surface area contributed by atoms with E-state index in [0.717, 1.165) is 5.56 Å². The molecule has 1 aromatic heterocycles. The molecule has 1 fully saturated rings. The van der Waals surface area contributed by atoms with Gasteiger partial charge in [-0.3, -0.25) is 4.79 Å². The van der Waals surface area contributed by atoms with Crippen LogP contribution in [0.1, 0.15) is 12.3 Å². The number of benzene rings is 1. The van der Waals surface area contributed by atoms with E-state index in [1.165, 1.54) is 0 Å². The number of sulfone groups is 1. The van der Waals surface area contributed by atoms with E-state index in [4.69, 9.17) is 16.1 Å². The summed E-state index contributed by atoms with van der Waals surface area (Å²) < 4.78 is 27.9. The zero-order valence-electron chi connectivity index (χ0n) is 12.7. The van der Waals surface area contributed by atoms with Crippen LogP contribution in [0.4, 0.5) is 0 Å². The average Bonchev–Trinajstić information content (AvgIpc) is 3.14. The molecule has 3 rings (SSSR count). The molecule has 1 aliphatic heterocycles. The Bertz CT molecular complexity index is 833. The smallest absolute Gasteiger partial charge is 0.228 e. The first-order valence-corrected chi connectivity index (χ1v) is 9.69. The molecular weight excluding hydrogens is 354 g/mol. The number of nitrogens with one attached hydrogen (secondary N) is 1. The fourth-order valence-corrected chi connectivity index (χ4v) is 4.38. The summed E-state index contributed by atoms with van der Waals surface area (Å²) in [5.41, 5.74) is 0.787. The van der Waals surface area contributed by atoms with Gasteiger partial charge in [-0.25, -0.2) is 8.42 Å². The molecule has 7 nitrogen and oxygen atoms in total. The summed E-state index contributed by atoms with van der Waals surface area (Å²) in [5, 5.41) is 7.23. The van der Waals surface area contributed by atoms with E-state index in [1.54, 1.807) is 24.3 Å². The largest absolute Gasteiger partial charge is 0.355 e. The van der Waals surface area contributed by atoms with Crippen molar-refractivity contribution >= 4 is 27.3 Å². The minimum Gasteiger partial charge on any atom is -0.355 e. The van der Waals surface area contributed by atoms with Gasteiger partial charge < -0.3 is 9.84 Å². The Hall–Kier alpha value is -1.93. The summed E-state index contributed by atoms with van der Waals surface area (Å²) in [6, 6.07) is 7.06. The number of carbonyl (C=O) groups excluding carboxylic acids is 1. The standard InChI is InChI=1S/C15H16ClN3O4S/c16-12-3-1-10(2-4-12)14-18-13(23-19-14)5-7-17-15(20)11-6-8-24(21,22)9-11/h1-4,11H,5-9H2,(H,17,20)/t11-/m1/s1. The van der Waals surface area contributed by atoms with Crippen molar-refractivity contribution in [3.63, 3.8) is 0 Å². The highest BCUT2D eigenvalue weighted by atomic mass is 35.5. The Labute approximate surface area is 144 Å². The van der Waals surface area contributed by atoms with Crippen LogP contribution in [-0.2, 0) is 21.1 Å². The number of rotatable bonds is 5. The number of hydrogen-bond donors (Lipinski definition) is 1. The second-order valence-corrected chi connectivity index (χ2v) is 8.32. The fourth-order valence-electron chi connectivity index (χ4n) is 2.51. The van der Waals surface area contributed by atoms with Crippen LogP contribution in [0.2, 0.25) is 5.02 Å². The summed E-state index contributed by atoms with van der Waals surface area (Å²) in [6.45, 7) is 0.317. The molecule has 24 heavy (non-hydrogen) atoms. The van der Waals surface area contributed by atoms with Crippen LogP contribution in [0.3, 0.4) is 0 Å². The molecule has 1 aromatic carbocycles. The van der Waals surface area contributed by atoms with Crippen LogP contribution in [0.15, 0.2) is 28.8 Å². The van der Waals surface area contributed by atoms with Gasteiger partial charge in [-0.1, -0.05) is 16.8 Å². The van der Waals surface area contributed by atoms with Gasteiger partial charge in [0.25, 0.3) is 0 Å². The zero-order valence-corrected chi connectivity index (χ0v) is 14.3. The molecule has 2 heterocycles. The van der Waals surface area contributed by atoms with Crippen molar-refractivity contribution in [3.05, 3.63) is 35.2 Å². The van der Waals surface area contributed by atoms with E-state index < -0.39 is 15.8 Å². The molecule has 128 valence electrons. The van der Waals surface area contributed by atoms with Crippen molar-refractivity contribution in [1.82, 2.24) is 15.5 Å². The fraction of sp³-hybridized carbons (Fsp3) is 0.400. The van der Waals surface area contributed by atoms with E-state index in [0.29, 0.717) is 36.1 Å². The lowest BCUT2D eigenvalue weighted by Gasteiger charge is -2.07. The van der Waals surface area contributed by atoms with Gasteiger partial charge in [0.15, 0.2) is 9.84 Å². The minimum absolute atomic E-state index is 0.0693. The molecule has 1 aliphatic rings. The highest BCUT2D eigenvalue weighted by molar-refractivity contribution is 7.91. The summed E-state index contributed by atoms with van der Waals surface area (Å²) in [5.74, 6) is 0.171. The van der Waals surface area contributed by atoms with Gasteiger partial charge in [0.2, 0.25) is 17.6 Å². The molecule has 0 bridgehead atoms. The summed E-state index contributed by atoms with van der Waals surface area (Å²) >= 11 is 5.83. The summed E-state index contributed by atoms with van der Waals surface area (Å²) in [6.07, 6.45) is 0.765. The van der Waals surface area contributed by atoms with Crippen molar-refractivity contribution in [2.24, 2.45) is 5.92 Å². The number of halogens is 1. The molecule has 0 unspecified atom stereocenters. The number of aromatic nitrogens is 2. The first-order valence-electron chi connectivity index (χ1n) is 7.49. The summed E-state index contributed by atoms with van der Waals surface area (Å²) in [4.78, 5) is 16.2. The van der Waals surface area contributed by atoms with E-state index in [2.05, 4.69) is 15.5 Å². The average molecular weight is 370 g/mol. The quantitative estimate of drug-likeness (QED) is 0.856. The van der Waals surface area contributed by atoms with Crippen LogP contribution >= 0.6 is 11.6 Å². The van der Waals surface area contributed by atoms with Crippen LogP contribution in [0.25, 0.3) is 11.4 Å². The lowest BCUT2D eigenvalue weighted by molar-refractivity contribution is -0.124. The number of nitrogens with zero attached hydrogens (tertiary/aromatic N) is 2.